The van der Waals surface area contributed by atoms with Gasteiger partial charge in [0.05, 0.1) is 11.2 Å². The molecule has 0 atom stereocenters. The first-order chi connectivity index (χ1) is 9.50. The molecular weight excluding hydrogens is 255 g/mol. The Morgan fingerprint density at radius 2 is 2.20 bits per heavy atom. The van der Waals surface area contributed by atoms with Crippen molar-refractivity contribution in [3.05, 3.63) is 30.2 Å². The van der Waals surface area contributed by atoms with Gasteiger partial charge in [0.1, 0.15) is 0 Å². The summed E-state index contributed by atoms with van der Waals surface area (Å²) in [5.74, 6) is -0.360. The molecule has 0 unspecified atom stereocenters. The summed E-state index contributed by atoms with van der Waals surface area (Å²) in [6.07, 6.45) is 1.65. The standard InChI is InChI=1S/C15H21FN4/c1-10(2)20(3)8-7-19-15-12(16)9-13(17)11-5-4-6-18-14(11)15/h4-6,9-10,19H,7-8,17H2,1-3H3. The summed E-state index contributed by atoms with van der Waals surface area (Å²) in [6.45, 7) is 5.73. The highest BCUT2D eigenvalue weighted by molar-refractivity contribution is 5.98. The lowest BCUT2D eigenvalue weighted by molar-refractivity contribution is 0.284. The Bertz CT molecular complexity index is 598. The van der Waals surface area contributed by atoms with E-state index in [1.54, 1.807) is 12.3 Å². The number of likely N-dealkylation sites (N-methyl/N-ethyl adjacent to an activating group) is 1. The number of pyridine rings is 1. The van der Waals surface area contributed by atoms with E-state index in [1.807, 2.05) is 13.1 Å². The minimum Gasteiger partial charge on any atom is -0.398 e. The highest BCUT2D eigenvalue weighted by Gasteiger charge is 2.12. The Kier molecular flexibility index (Phi) is 4.39. The van der Waals surface area contributed by atoms with E-state index in [0.29, 0.717) is 29.5 Å². The van der Waals surface area contributed by atoms with Crippen LogP contribution in [0.4, 0.5) is 15.8 Å². The first-order valence-corrected chi connectivity index (χ1v) is 6.77. The number of fused-ring (bicyclic) bond motifs is 1. The van der Waals surface area contributed by atoms with Crippen molar-refractivity contribution in [3.63, 3.8) is 0 Å². The molecular formula is C15H21FN4. The number of nitrogens with one attached hydrogen (secondary N) is 1. The average molecular weight is 276 g/mol. The summed E-state index contributed by atoms with van der Waals surface area (Å²) in [4.78, 5) is 6.43. The molecule has 5 heteroatoms. The fourth-order valence-corrected chi connectivity index (χ4v) is 2.02. The summed E-state index contributed by atoms with van der Waals surface area (Å²) in [5.41, 5.74) is 7.24. The van der Waals surface area contributed by atoms with Gasteiger partial charge in [-0.3, -0.25) is 4.98 Å². The maximum atomic E-state index is 14.1. The minimum atomic E-state index is -0.360. The predicted octanol–water partition coefficient (Wildman–Crippen LogP) is 2.71. The van der Waals surface area contributed by atoms with Crippen LogP contribution in [0.5, 0.6) is 0 Å². The Hall–Kier alpha value is -1.88. The third kappa shape index (κ3) is 2.99. The number of rotatable bonds is 5. The van der Waals surface area contributed by atoms with Gasteiger partial charge in [0, 0.05) is 36.4 Å². The van der Waals surface area contributed by atoms with Crippen molar-refractivity contribution < 1.29 is 4.39 Å². The number of hydrogen-bond donors (Lipinski definition) is 2. The van der Waals surface area contributed by atoms with Gasteiger partial charge in [-0.25, -0.2) is 4.39 Å². The number of aromatic nitrogens is 1. The van der Waals surface area contributed by atoms with Gasteiger partial charge < -0.3 is 16.0 Å². The lowest BCUT2D eigenvalue weighted by Crippen LogP contribution is -2.31. The molecule has 108 valence electrons. The number of hydrogen-bond acceptors (Lipinski definition) is 4. The molecule has 20 heavy (non-hydrogen) atoms. The number of nitrogens with two attached hydrogens (primary N) is 1. The van der Waals surface area contributed by atoms with Gasteiger partial charge in [-0.15, -0.1) is 0 Å². The highest BCUT2D eigenvalue weighted by atomic mass is 19.1. The van der Waals surface area contributed by atoms with Crippen LogP contribution in [-0.4, -0.2) is 36.1 Å². The molecule has 0 aliphatic rings. The van der Waals surface area contributed by atoms with Crippen LogP contribution in [0.1, 0.15) is 13.8 Å². The van der Waals surface area contributed by atoms with Crippen molar-refractivity contribution >= 4 is 22.3 Å². The number of halogens is 1. The predicted molar refractivity (Wildman–Crippen MR) is 82.4 cm³/mol. The van der Waals surface area contributed by atoms with Crippen molar-refractivity contribution in [2.75, 3.05) is 31.2 Å². The van der Waals surface area contributed by atoms with Crippen molar-refractivity contribution in [3.8, 4) is 0 Å². The summed E-state index contributed by atoms with van der Waals surface area (Å²) in [7, 11) is 2.04. The topological polar surface area (TPSA) is 54.2 Å². The molecule has 2 rings (SSSR count). The third-order valence-electron chi connectivity index (χ3n) is 3.52. The molecule has 0 aliphatic carbocycles. The zero-order chi connectivity index (χ0) is 14.7. The van der Waals surface area contributed by atoms with Gasteiger partial charge in [-0.2, -0.15) is 0 Å². The molecule has 1 aromatic heterocycles. The van der Waals surface area contributed by atoms with Crippen LogP contribution >= 0.6 is 0 Å². The van der Waals surface area contributed by atoms with Crippen molar-refractivity contribution in [1.29, 1.82) is 0 Å². The van der Waals surface area contributed by atoms with Crippen LogP contribution in [0, 0.1) is 5.82 Å². The van der Waals surface area contributed by atoms with E-state index in [0.717, 1.165) is 11.9 Å². The number of benzene rings is 1. The Balaban J connectivity index is 2.22. The molecule has 0 amide bonds. The van der Waals surface area contributed by atoms with Gasteiger partial charge in [-0.05, 0) is 39.1 Å². The molecule has 1 aromatic carbocycles. The summed E-state index contributed by atoms with van der Waals surface area (Å²) < 4.78 is 14.1. The van der Waals surface area contributed by atoms with Crippen LogP contribution < -0.4 is 11.1 Å². The number of nitrogens with zero attached hydrogens (tertiary/aromatic N) is 2. The number of nitrogen functional groups attached to an aromatic ring is 1. The van der Waals surface area contributed by atoms with Gasteiger partial charge in [-0.1, -0.05) is 0 Å². The van der Waals surface area contributed by atoms with E-state index < -0.39 is 0 Å². The summed E-state index contributed by atoms with van der Waals surface area (Å²) >= 11 is 0. The average Bonchev–Trinajstić information content (AvgIpc) is 2.42. The second kappa shape index (κ2) is 6.05. The Labute approximate surface area is 118 Å². The van der Waals surface area contributed by atoms with Crippen LogP contribution in [-0.2, 0) is 0 Å². The van der Waals surface area contributed by atoms with Crippen molar-refractivity contribution in [2.24, 2.45) is 0 Å². The molecule has 0 saturated heterocycles. The monoisotopic (exact) mass is 276 g/mol. The molecule has 0 fully saturated rings. The van der Waals surface area contributed by atoms with Gasteiger partial charge in [0.2, 0.25) is 0 Å². The zero-order valence-electron chi connectivity index (χ0n) is 12.2. The fraction of sp³-hybridized carbons (Fsp3) is 0.400. The van der Waals surface area contributed by atoms with Crippen LogP contribution in [0.2, 0.25) is 0 Å². The highest BCUT2D eigenvalue weighted by Crippen LogP contribution is 2.29. The van der Waals surface area contributed by atoms with Gasteiger partial charge in [0.15, 0.2) is 5.82 Å². The van der Waals surface area contributed by atoms with E-state index in [-0.39, 0.29) is 5.82 Å². The van der Waals surface area contributed by atoms with E-state index in [1.165, 1.54) is 6.07 Å². The molecule has 3 N–H and O–H groups in total. The first kappa shape index (κ1) is 14.5. The number of anilines is 2. The molecule has 0 aliphatic heterocycles. The molecule has 2 aromatic rings. The molecule has 0 saturated carbocycles. The van der Waals surface area contributed by atoms with E-state index in [9.17, 15) is 4.39 Å². The van der Waals surface area contributed by atoms with Crippen LogP contribution in [0.3, 0.4) is 0 Å². The smallest absolute Gasteiger partial charge is 0.150 e. The van der Waals surface area contributed by atoms with Crippen molar-refractivity contribution in [1.82, 2.24) is 9.88 Å². The Morgan fingerprint density at radius 3 is 2.90 bits per heavy atom. The van der Waals surface area contributed by atoms with Gasteiger partial charge in [0.25, 0.3) is 0 Å². The van der Waals surface area contributed by atoms with Crippen molar-refractivity contribution in [2.45, 2.75) is 19.9 Å². The van der Waals surface area contributed by atoms with Gasteiger partial charge >= 0.3 is 0 Å². The maximum Gasteiger partial charge on any atom is 0.150 e. The largest absolute Gasteiger partial charge is 0.398 e. The molecule has 0 spiro atoms. The lowest BCUT2D eigenvalue weighted by Gasteiger charge is -2.21. The van der Waals surface area contributed by atoms with Crippen LogP contribution in [0.25, 0.3) is 10.9 Å². The Morgan fingerprint density at radius 1 is 1.45 bits per heavy atom. The lowest BCUT2D eigenvalue weighted by atomic mass is 10.1. The second-order valence-corrected chi connectivity index (χ2v) is 5.22. The third-order valence-corrected chi connectivity index (χ3v) is 3.52. The van der Waals surface area contributed by atoms with E-state index in [4.69, 9.17) is 5.73 Å². The van der Waals surface area contributed by atoms with Crippen LogP contribution in [0.15, 0.2) is 24.4 Å². The molecule has 4 nitrogen and oxygen atoms in total. The minimum absolute atomic E-state index is 0.360. The molecule has 0 radical (unpaired) electrons. The maximum absolute atomic E-state index is 14.1. The molecule has 0 bridgehead atoms. The van der Waals surface area contributed by atoms with E-state index >= 15 is 0 Å². The first-order valence-electron chi connectivity index (χ1n) is 6.77. The SMILES string of the molecule is CC(C)N(C)CCNc1c(F)cc(N)c2cccnc12. The zero-order valence-corrected chi connectivity index (χ0v) is 12.2. The van der Waals surface area contributed by atoms with E-state index in [2.05, 4.69) is 29.0 Å². The second-order valence-electron chi connectivity index (χ2n) is 5.22. The summed E-state index contributed by atoms with van der Waals surface area (Å²) in [5, 5.41) is 3.91. The molecule has 1 heterocycles. The quantitative estimate of drug-likeness (QED) is 0.824. The normalized spacial score (nSPS) is 11.5. The summed E-state index contributed by atoms with van der Waals surface area (Å²) in [6, 6.07) is 5.46. The fourth-order valence-electron chi connectivity index (χ4n) is 2.02.